The molecule has 0 spiro atoms. The van der Waals surface area contributed by atoms with Crippen LogP contribution in [0.2, 0.25) is 0 Å². The van der Waals surface area contributed by atoms with Gasteiger partial charge in [-0.15, -0.1) is 0 Å². The molecule has 0 aromatic heterocycles. The van der Waals surface area contributed by atoms with Crippen molar-refractivity contribution in [3.63, 3.8) is 0 Å². The summed E-state index contributed by atoms with van der Waals surface area (Å²) in [5.74, 6) is -0.135. The maximum absolute atomic E-state index is 11.6. The van der Waals surface area contributed by atoms with Crippen molar-refractivity contribution in [3.8, 4) is 0 Å². The van der Waals surface area contributed by atoms with Gasteiger partial charge in [-0.05, 0) is 20.3 Å². The second-order valence-corrected chi connectivity index (χ2v) is 4.23. The maximum atomic E-state index is 11.6. The lowest BCUT2D eigenvalue weighted by Gasteiger charge is -2.12. The zero-order valence-electron chi connectivity index (χ0n) is 10.5. The number of carbonyl (C=O) groups is 1. The van der Waals surface area contributed by atoms with Crippen molar-refractivity contribution in [2.45, 2.75) is 53.6 Å². The molecule has 0 radical (unpaired) electrons. The fourth-order valence-electron chi connectivity index (χ4n) is 1.11. The molecular weight excluding hydrogens is 190 g/mol. The molecule has 0 bridgehead atoms. The van der Waals surface area contributed by atoms with Crippen LogP contribution in [0.25, 0.3) is 0 Å². The van der Waals surface area contributed by atoms with Crippen molar-refractivity contribution in [3.05, 3.63) is 0 Å². The van der Waals surface area contributed by atoms with Crippen molar-refractivity contribution in [1.29, 1.82) is 0 Å². The first-order valence-electron chi connectivity index (χ1n) is 5.74. The Bertz CT molecular complexity index is 220. The van der Waals surface area contributed by atoms with Gasteiger partial charge in [0.2, 0.25) is 0 Å². The average Bonchev–Trinajstić information content (AvgIpc) is 2.10. The summed E-state index contributed by atoms with van der Waals surface area (Å²) < 4.78 is 5.13. The molecule has 0 aliphatic heterocycles. The molecule has 0 amide bonds. The number of aliphatic imine (C=N–C) groups is 1. The minimum atomic E-state index is -0.267. The van der Waals surface area contributed by atoms with Crippen LogP contribution in [0.1, 0.15) is 47.5 Å². The third-order valence-electron chi connectivity index (χ3n) is 1.89. The standard InChI is InChI=1S/C12H23NO2/c1-6-7-8-13-11(9(2)3)12(14)15-10(4)5/h9-10H,6-8H2,1-5H3/b13-11-. The number of ether oxygens (including phenoxy) is 1. The highest BCUT2D eigenvalue weighted by Crippen LogP contribution is 2.03. The van der Waals surface area contributed by atoms with Gasteiger partial charge in [-0.1, -0.05) is 27.2 Å². The zero-order chi connectivity index (χ0) is 11.8. The Morgan fingerprint density at radius 2 is 1.87 bits per heavy atom. The van der Waals surface area contributed by atoms with Gasteiger partial charge in [0.05, 0.1) is 6.10 Å². The van der Waals surface area contributed by atoms with E-state index in [0.717, 1.165) is 19.4 Å². The molecule has 0 aromatic carbocycles. The predicted molar refractivity (Wildman–Crippen MR) is 63.3 cm³/mol. The maximum Gasteiger partial charge on any atom is 0.352 e. The normalized spacial score (nSPS) is 12.3. The predicted octanol–water partition coefficient (Wildman–Crippen LogP) is 2.84. The van der Waals surface area contributed by atoms with E-state index in [-0.39, 0.29) is 18.0 Å². The van der Waals surface area contributed by atoms with Crippen LogP contribution in [0, 0.1) is 5.92 Å². The Balaban J connectivity index is 4.38. The Morgan fingerprint density at radius 3 is 2.27 bits per heavy atom. The molecule has 0 unspecified atom stereocenters. The van der Waals surface area contributed by atoms with Crippen LogP contribution >= 0.6 is 0 Å². The first-order chi connectivity index (χ1) is 6.99. The van der Waals surface area contributed by atoms with E-state index in [2.05, 4.69) is 11.9 Å². The number of hydrogen-bond acceptors (Lipinski definition) is 3. The number of rotatable bonds is 6. The van der Waals surface area contributed by atoms with Crippen LogP contribution in [0.3, 0.4) is 0 Å². The Kier molecular flexibility index (Phi) is 7.01. The third kappa shape index (κ3) is 6.26. The third-order valence-corrected chi connectivity index (χ3v) is 1.89. The summed E-state index contributed by atoms with van der Waals surface area (Å²) in [7, 11) is 0. The number of unbranched alkanes of at least 4 members (excludes halogenated alkanes) is 1. The number of nitrogens with zero attached hydrogens (tertiary/aromatic N) is 1. The fraction of sp³-hybridized carbons (Fsp3) is 0.833. The minimum absolute atomic E-state index is 0.0763. The lowest BCUT2D eigenvalue weighted by Crippen LogP contribution is -2.25. The highest BCUT2D eigenvalue weighted by Gasteiger charge is 2.17. The van der Waals surface area contributed by atoms with Crippen molar-refractivity contribution in [1.82, 2.24) is 0 Å². The average molecular weight is 213 g/mol. The molecule has 0 aliphatic rings. The topological polar surface area (TPSA) is 38.7 Å². The lowest BCUT2D eigenvalue weighted by molar-refractivity contribution is -0.139. The Hall–Kier alpha value is -0.860. The molecule has 0 heterocycles. The first-order valence-corrected chi connectivity index (χ1v) is 5.74. The number of hydrogen-bond donors (Lipinski definition) is 0. The molecule has 0 N–H and O–H groups in total. The molecule has 0 aliphatic carbocycles. The smallest absolute Gasteiger partial charge is 0.352 e. The van der Waals surface area contributed by atoms with Gasteiger partial charge in [-0.2, -0.15) is 0 Å². The van der Waals surface area contributed by atoms with Gasteiger partial charge < -0.3 is 4.74 Å². The van der Waals surface area contributed by atoms with Gasteiger partial charge >= 0.3 is 5.97 Å². The highest BCUT2D eigenvalue weighted by molar-refractivity contribution is 6.37. The van der Waals surface area contributed by atoms with Gasteiger partial charge in [0, 0.05) is 12.5 Å². The van der Waals surface area contributed by atoms with E-state index in [1.165, 1.54) is 0 Å². The van der Waals surface area contributed by atoms with Crippen molar-refractivity contribution in [2.75, 3.05) is 6.54 Å². The minimum Gasteiger partial charge on any atom is -0.458 e. The summed E-state index contributed by atoms with van der Waals surface area (Å²) in [6.07, 6.45) is 2.03. The van der Waals surface area contributed by atoms with Crippen LogP contribution in [0.5, 0.6) is 0 Å². The van der Waals surface area contributed by atoms with Crippen molar-refractivity contribution < 1.29 is 9.53 Å². The summed E-state index contributed by atoms with van der Waals surface area (Å²) in [6, 6.07) is 0. The molecule has 15 heavy (non-hydrogen) atoms. The zero-order valence-corrected chi connectivity index (χ0v) is 10.5. The van der Waals surface area contributed by atoms with E-state index in [9.17, 15) is 4.79 Å². The van der Waals surface area contributed by atoms with Crippen LogP contribution in [0.4, 0.5) is 0 Å². The molecule has 0 atom stereocenters. The molecule has 3 nitrogen and oxygen atoms in total. The largest absolute Gasteiger partial charge is 0.458 e. The van der Waals surface area contributed by atoms with Gasteiger partial charge in [0.1, 0.15) is 5.71 Å². The summed E-state index contributed by atoms with van der Waals surface area (Å²) in [4.78, 5) is 15.9. The van der Waals surface area contributed by atoms with Crippen LogP contribution in [-0.4, -0.2) is 24.3 Å². The summed E-state index contributed by atoms with van der Waals surface area (Å²) in [6.45, 7) is 10.5. The van der Waals surface area contributed by atoms with E-state index in [1.54, 1.807) is 0 Å². The monoisotopic (exact) mass is 213 g/mol. The van der Waals surface area contributed by atoms with Gasteiger partial charge in [-0.3, -0.25) is 4.99 Å². The van der Waals surface area contributed by atoms with Crippen LogP contribution in [0.15, 0.2) is 4.99 Å². The molecule has 88 valence electrons. The lowest BCUT2D eigenvalue weighted by atomic mass is 10.1. The van der Waals surface area contributed by atoms with E-state index in [4.69, 9.17) is 4.74 Å². The van der Waals surface area contributed by atoms with Crippen LogP contribution < -0.4 is 0 Å². The Morgan fingerprint density at radius 1 is 1.27 bits per heavy atom. The van der Waals surface area contributed by atoms with E-state index >= 15 is 0 Å². The number of carbonyl (C=O) groups excluding carboxylic acids is 1. The second kappa shape index (κ2) is 7.43. The first kappa shape index (κ1) is 14.1. The molecule has 0 saturated heterocycles. The SMILES string of the molecule is CCCC/N=C(\C(=O)OC(C)C)C(C)C. The number of esters is 1. The molecular formula is C12H23NO2. The van der Waals surface area contributed by atoms with E-state index in [1.807, 2.05) is 27.7 Å². The summed E-state index contributed by atoms with van der Waals surface area (Å²) in [5, 5.41) is 0. The molecule has 0 saturated carbocycles. The second-order valence-electron chi connectivity index (χ2n) is 4.23. The fourth-order valence-corrected chi connectivity index (χ4v) is 1.11. The van der Waals surface area contributed by atoms with E-state index < -0.39 is 0 Å². The quantitative estimate of drug-likeness (QED) is 0.386. The molecule has 0 rings (SSSR count). The Labute approximate surface area is 92.9 Å². The van der Waals surface area contributed by atoms with Crippen LogP contribution in [-0.2, 0) is 9.53 Å². The summed E-state index contributed by atoms with van der Waals surface area (Å²) >= 11 is 0. The molecule has 0 fully saturated rings. The highest BCUT2D eigenvalue weighted by atomic mass is 16.5. The molecule has 0 aromatic rings. The van der Waals surface area contributed by atoms with Gasteiger partial charge in [0.15, 0.2) is 0 Å². The van der Waals surface area contributed by atoms with E-state index in [0.29, 0.717) is 5.71 Å². The van der Waals surface area contributed by atoms with Crippen molar-refractivity contribution >= 4 is 11.7 Å². The van der Waals surface area contributed by atoms with Gasteiger partial charge in [0.25, 0.3) is 0 Å². The summed E-state index contributed by atoms with van der Waals surface area (Å²) in [5.41, 5.74) is 0.567. The molecule has 3 heteroatoms. The van der Waals surface area contributed by atoms with Crippen molar-refractivity contribution in [2.24, 2.45) is 10.9 Å². The van der Waals surface area contributed by atoms with Gasteiger partial charge in [-0.25, -0.2) is 4.79 Å².